The van der Waals surface area contributed by atoms with Crippen LogP contribution in [0.3, 0.4) is 0 Å². The van der Waals surface area contributed by atoms with E-state index in [4.69, 9.17) is 21.3 Å². The lowest BCUT2D eigenvalue weighted by Crippen LogP contribution is -2.64. The standard InChI is InChI=1S/C20H24ClN7O/c1-20(12-29-13-20)26-6-4-25(5-7-26)19-17(21)8-14-9-23-28(18(14)24-19)16-10-22-27(11-16)15-2-3-15/h8-11,15H,2-7,12-13H2,1H3. The first kappa shape index (κ1) is 17.7. The molecule has 6 rings (SSSR count). The molecule has 2 saturated heterocycles. The van der Waals surface area contributed by atoms with E-state index in [1.165, 1.54) is 12.8 Å². The molecule has 0 amide bonds. The highest BCUT2D eigenvalue weighted by Gasteiger charge is 2.40. The number of piperazine rings is 1. The Morgan fingerprint density at radius 1 is 1.10 bits per heavy atom. The molecule has 5 heterocycles. The molecule has 9 heteroatoms. The van der Waals surface area contributed by atoms with Crippen LogP contribution in [0.25, 0.3) is 16.7 Å². The average Bonchev–Trinajstić information content (AvgIpc) is 3.30. The third-order valence-corrected chi connectivity index (χ3v) is 6.68. The van der Waals surface area contributed by atoms with Gasteiger partial charge in [-0.05, 0) is 25.8 Å². The summed E-state index contributed by atoms with van der Waals surface area (Å²) in [5.74, 6) is 0.838. The van der Waals surface area contributed by atoms with Gasteiger partial charge in [0.25, 0.3) is 0 Å². The molecule has 0 atom stereocenters. The van der Waals surface area contributed by atoms with E-state index in [0.29, 0.717) is 11.1 Å². The Hall–Kier alpha value is -2.16. The lowest BCUT2D eigenvalue weighted by molar-refractivity contribution is -0.131. The minimum atomic E-state index is 0.188. The molecule has 0 spiro atoms. The van der Waals surface area contributed by atoms with E-state index in [2.05, 4.69) is 33.1 Å². The molecule has 0 bridgehead atoms. The Morgan fingerprint density at radius 3 is 2.59 bits per heavy atom. The van der Waals surface area contributed by atoms with Crippen LogP contribution < -0.4 is 4.90 Å². The average molecular weight is 414 g/mol. The van der Waals surface area contributed by atoms with Crippen LogP contribution in [0.15, 0.2) is 24.7 Å². The van der Waals surface area contributed by atoms with Crippen LogP contribution in [0.5, 0.6) is 0 Å². The minimum absolute atomic E-state index is 0.188. The fourth-order valence-electron chi connectivity index (χ4n) is 4.35. The number of pyridine rings is 1. The summed E-state index contributed by atoms with van der Waals surface area (Å²) >= 11 is 6.62. The Kier molecular flexibility index (Phi) is 3.91. The number of rotatable bonds is 4. The van der Waals surface area contributed by atoms with Crippen LogP contribution in [0.4, 0.5) is 5.82 Å². The molecule has 8 nitrogen and oxygen atoms in total. The zero-order valence-corrected chi connectivity index (χ0v) is 17.2. The Bertz CT molecular complexity index is 1060. The molecule has 0 radical (unpaired) electrons. The fourth-order valence-corrected chi connectivity index (χ4v) is 4.63. The van der Waals surface area contributed by atoms with Crippen molar-refractivity contribution in [1.82, 2.24) is 29.4 Å². The van der Waals surface area contributed by atoms with Crippen molar-refractivity contribution < 1.29 is 4.74 Å². The second-order valence-electron chi connectivity index (χ2n) is 8.64. The van der Waals surface area contributed by atoms with Gasteiger partial charge in [-0.1, -0.05) is 11.6 Å². The summed E-state index contributed by atoms with van der Waals surface area (Å²) in [5.41, 5.74) is 1.95. The van der Waals surface area contributed by atoms with Gasteiger partial charge in [-0.15, -0.1) is 0 Å². The molecule has 1 saturated carbocycles. The van der Waals surface area contributed by atoms with Gasteiger partial charge in [-0.2, -0.15) is 10.2 Å². The van der Waals surface area contributed by atoms with Crippen molar-refractivity contribution in [1.29, 1.82) is 0 Å². The lowest BCUT2D eigenvalue weighted by Gasteiger charge is -2.50. The number of ether oxygens (including phenoxy) is 1. The van der Waals surface area contributed by atoms with E-state index in [0.717, 1.165) is 61.9 Å². The second kappa shape index (κ2) is 6.42. The Labute approximate surface area is 174 Å². The van der Waals surface area contributed by atoms with Gasteiger partial charge in [0.1, 0.15) is 11.5 Å². The van der Waals surface area contributed by atoms with Crippen molar-refractivity contribution in [2.24, 2.45) is 0 Å². The van der Waals surface area contributed by atoms with Crippen molar-refractivity contribution in [3.8, 4) is 5.69 Å². The molecule has 0 unspecified atom stereocenters. The van der Waals surface area contributed by atoms with Gasteiger partial charge >= 0.3 is 0 Å². The van der Waals surface area contributed by atoms with Crippen molar-refractivity contribution in [3.63, 3.8) is 0 Å². The van der Waals surface area contributed by atoms with E-state index < -0.39 is 0 Å². The maximum Gasteiger partial charge on any atom is 0.165 e. The third kappa shape index (κ3) is 2.93. The van der Waals surface area contributed by atoms with Crippen molar-refractivity contribution in [2.45, 2.75) is 31.3 Å². The summed E-state index contributed by atoms with van der Waals surface area (Å²) in [6, 6.07) is 2.52. The molecule has 3 aromatic rings. The quantitative estimate of drug-likeness (QED) is 0.655. The smallest absolute Gasteiger partial charge is 0.165 e. The van der Waals surface area contributed by atoms with Crippen LogP contribution in [0.1, 0.15) is 25.8 Å². The van der Waals surface area contributed by atoms with Crippen molar-refractivity contribution in [2.75, 3.05) is 44.3 Å². The predicted molar refractivity (Wildman–Crippen MR) is 111 cm³/mol. The maximum absolute atomic E-state index is 6.62. The summed E-state index contributed by atoms with van der Waals surface area (Å²) in [4.78, 5) is 9.75. The number of fused-ring (bicyclic) bond motifs is 1. The summed E-state index contributed by atoms with van der Waals surface area (Å²) < 4.78 is 9.33. The largest absolute Gasteiger partial charge is 0.377 e. The number of halogens is 1. The zero-order chi connectivity index (χ0) is 19.6. The van der Waals surface area contributed by atoms with Gasteiger partial charge < -0.3 is 9.64 Å². The highest BCUT2D eigenvalue weighted by molar-refractivity contribution is 6.33. The second-order valence-corrected chi connectivity index (χ2v) is 9.04. The van der Waals surface area contributed by atoms with Gasteiger partial charge in [0, 0.05) is 31.6 Å². The van der Waals surface area contributed by atoms with E-state index in [1.54, 1.807) is 0 Å². The van der Waals surface area contributed by atoms with Crippen LogP contribution in [-0.2, 0) is 4.74 Å². The molecule has 0 aromatic carbocycles. The van der Waals surface area contributed by atoms with E-state index in [-0.39, 0.29) is 5.54 Å². The number of aromatic nitrogens is 5. The first-order valence-electron chi connectivity index (χ1n) is 10.3. The first-order valence-corrected chi connectivity index (χ1v) is 10.7. The molecular weight excluding hydrogens is 390 g/mol. The first-order chi connectivity index (χ1) is 14.1. The van der Waals surface area contributed by atoms with Crippen molar-refractivity contribution >= 4 is 28.5 Å². The van der Waals surface area contributed by atoms with Crippen LogP contribution in [-0.4, -0.2) is 74.4 Å². The normalized spacial score (nSPS) is 22.2. The highest BCUT2D eigenvalue weighted by Crippen LogP contribution is 2.35. The predicted octanol–water partition coefficient (Wildman–Crippen LogP) is 2.52. The van der Waals surface area contributed by atoms with Gasteiger partial charge in [0.05, 0.1) is 48.4 Å². The summed E-state index contributed by atoms with van der Waals surface area (Å²) in [7, 11) is 0. The van der Waals surface area contributed by atoms with Crippen LogP contribution in [0.2, 0.25) is 5.02 Å². The molecular formula is C20H24ClN7O. The minimum Gasteiger partial charge on any atom is -0.377 e. The molecule has 2 aliphatic heterocycles. The number of anilines is 1. The summed E-state index contributed by atoms with van der Waals surface area (Å²) in [6.45, 7) is 7.72. The summed E-state index contributed by atoms with van der Waals surface area (Å²) in [6.07, 6.45) is 8.15. The van der Waals surface area contributed by atoms with E-state index in [9.17, 15) is 0 Å². The molecule has 3 fully saturated rings. The maximum atomic E-state index is 6.62. The monoisotopic (exact) mass is 413 g/mol. The zero-order valence-electron chi connectivity index (χ0n) is 16.5. The molecule has 0 N–H and O–H groups in total. The summed E-state index contributed by atoms with van der Waals surface area (Å²) in [5, 5.41) is 10.7. The molecule has 29 heavy (non-hydrogen) atoms. The number of hydrogen-bond acceptors (Lipinski definition) is 6. The molecule has 152 valence electrons. The lowest BCUT2D eigenvalue weighted by atomic mass is 9.97. The van der Waals surface area contributed by atoms with Gasteiger partial charge in [0.15, 0.2) is 5.65 Å². The van der Waals surface area contributed by atoms with E-state index >= 15 is 0 Å². The van der Waals surface area contributed by atoms with Gasteiger partial charge in [0.2, 0.25) is 0 Å². The number of hydrogen-bond donors (Lipinski definition) is 0. The topological polar surface area (TPSA) is 64.2 Å². The van der Waals surface area contributed by atoms with E-state index in [1.807, 2.05) is 27.8 Å². The molecule has 1 aliphatic carbocycles. The van der Waals surface area contributed by atoms with Gasteiger partial charge in [-0.3, -0.25) is 9.58 Å². The van der Waals surface area contributed by atoms with Crippen molar-refractivity contribution in [3.05, 3.63) is 29.7 Å². The molecule has 3 aromatic heterocycles. The Balaban J connectivity index is 1.29. The van der Waals surface area contributed by atoms with Crippen LogP contribution >= 0.6 is 11.6 Å². The van der Waals surface area contributed by atoms with Crippen LogP contribution in [0, 0.1) is 0 Å². The number of nitrogens with zero attached hydrogens (tertiary/aromatic N) is 7. The third-order valence-electron chi connectivity index (χ3n) is 6.40. The Morgan fingerprint density at radius 2 is 1.90 bits per heavy atom. The molecule has 3 aliphatic rings. The highest BCUT2D eigenvalue weighted by atomic mass is 35.5. The SMILES string of the molecule is CC1(N2CCN(c3nc4c(cnn4-c4cnn(C5CC5)c4)cc3Cl)CC2)COC1. The van der Waals surface area contributed by atoms with Gasteiger partial charge in [-0.25, -0.2) is 9.67 Å². The fraction of sp³-hybridized carbons (Fsp3) is 0.550.